The van der Waals surface area contributed by atoms with E-state index in [4.69, 9.17) is 5.11 Å². The van der Waals surface area contributed by atoms with Crippen molar-refractivity contribution < 1.29 is 23.1 Å². The molecular weight excluding hydrogens is 374 g/mol. The third-order valence-corrected chi connectivity index (χ3v) is 6.80. The van der Waals surface area contributed by atoms with Crippen LogP contribution in [0.3, 0.4) is 0 Å². The lowest BCUT2D eigenvalue weighted by atomic mass is 10.4. The fraction of sp³-hybridized carbons (Fsp3) is 0.308. The molecule has 0 radical (unpaired) electrons. The molecule has 8 nitrogen and oxygen atoms in total. The molecule has 2 N–H and O–H groups in total. The normalized spacial score (nSPS) is 11.6. The summed E-state index contributed by atoms with van der Waals surface area (Å²) >= 11 is 2.24. The van der Waals surface area contributed by atoms with Crippen molar-refractivity contribution in [2.24, 2.45) is 0 Å². The topological polar surface area (TPSA) is 117 Å². The molecule has 1 amide bonds. The molecule has 0 spiro atoms. The van der Waals surface area contributed by atoms with E-state index in [0.29, 0.717) is 11.4 Å². The van der Waals surface area contributed by atoms with Crippen LogP contribution >= 0.6 is 22.7 Å². The molecule has 0 aliphatic rings. The molecule has 0 bridgehead atoms. The van der Waals surface area contributed by atoms with Crippen LogP contribution in [-0.2, 0) is 16.4 Å². The zero-order valence-electron chi connectivity index (χ0n) is 12.8. The number of rotatable bonds is 7. The lowest BCUT2D eigenvalue weighted by Crippen LogP contribution is -2.28. The van der Waals surface area contributed by atoms with Gasteiger partial charge in [0.1, 0.15) is 9.77 Å². The second kappa shape index (κ2) is 7.38. The van der Waals surface area contributed by atoms with E-state index in [2.05, 4.69) is 10.3 Å². The molecule has 0 fully saturated rings. The zero-order chi connectivity index (χ0) is 17.9. The summed E-state index contributed by atoms with van der Waals surface area (Å²) in [6.07, 6.45) is 0.366. The number of carboxylic acids is 1. The molecule has 0 aliphatic carbocycles. The Morgan fingerprint density at radius 3 is 2.62 bits per heavy atom. The van der Waals surface area contributed by atoms with Crippen LogP contribution < -0.4 is 5.32 Å². The molecule has 24 heavy (non-hydrogen) atoms. The van der Waals surface area contributed by atoms with Crippen molar-refractivity contribution in [2.75, 3.05) is 20.6 Å². The number of thiazole rings is 1. The SMILES string of the molecule is CN(C)S(=O)(=O)c1ccsc1C(=O)NCCc1nc(C(=O)O)cs1. The van der Waals surface area contributed by atoms with Crippen LogP contribution in [0.25, 0.3) is 0 Å². The van der Waals surface area contributed by atoms with Crippen LogP contribution in [0.1, 0.15) is 25.2 Å². The number of aromatic carboxylic acids is 1. The maximum atomic E-state index is 12.2. The van der Waals surface area contributed by atoms with Crippen molar-refractivity contribution in [1.82, 2.24) is 14.6 Å². The average Bonchev–Trinajstić information content (AvgIpc) is 3.16. The van der Waals surface area contributed by atoms with Crippen molar-refractivity contribution >= 4 is 44.6 Å². The molecule has 0 saturated carbocycles. The lowest BCUT2D eigenvalue weighted by molar-refractivity contribution is 0.0690. The minimum absolute atomic E-state index is 0.0288. The van der Waals surface area contributed by atoms with Gasteiger partial charge in [-0.3, -0.25) is 4.79 Å². The highest BCUT2D eigenvalue weighted by Gasteiger charge is 2.25. The van der Waals surface area contributed by atoms with Crippen LogP contribution in [-0.4, -0.2) is 55.3 Å². The molecule has 0 unspecified atom stereocenters. The number of carbonyl (C=O) groups excluding carboxylic acids is 1. The quantitative estimate of drug-likeness (QED) is 0.733. The minimum Gasteiger partial charge on any atom is -0.476 e. The predicted molar refractivity (Wildman–Crippen MR) is 90.3 cm³/mol. The molecular formula is C13H15N3O5S3. The third kappa shape index (κ3) is 3.98. The van der Waals surface area contributed by atoms with E-state index in [1.54, 1.807) is 5.38 Å². The van der Waals surface area contributed by atoms with E-state index in [0.717, 1.165) is 15.6 Å². The number of hydrogen-bond donors (Lipinski definition) is 2. The highest BCUT2D eigenvalue weighted by molar-refractivity contribution is 7.89. The fourth-order valence-corrected chi connectivity index (χ4v) is 4.73. The number of carbonyl (C=O) groups is 2. The Kier molecular flexibility index (Phi) is 5.70. The summed E-state index contributed by atoms with van der Waals surface area (Å²) in [5.41, 5.74) is -0.0288. The van der Waals surface area contributed by atoms with Crippen molar-refractivity contribution in [3.63, 3.8) is 0 Å². The van der Waals surface area contributed by atoms with E-state index in [-0.39, 0.29) is 22.0 Å². The summed E-state index contributed by atoms with van der Waals surface area (Å²) < 4.78 is 25.4. The van der Waals surface area contributed by atoms with Crippen molar-refractivity contribution in [3.05, 3.63) is 32.4 Å². The van der Waals surface area contributed by atoms with Gasteiger partial charge in [0.25, 0.3) is 5.91 Å². The van der Waals surface area contributed by atoms with Gasteiger partial charge in [-0.15, -0.1) is 22.7 Å². The maximum Gasteiger partial charge on any atom is 0.355 e. The second-order valence-corrected chi connectivity index (χ2v) is 8.82. The number of carboxylic acid groups (broad SMARTS) is 1. The number of thiophene rings is 1. The molecule has 130 valence electrons. The first kappa shape index (κ1) is 18.5. The van der Waals surface area contributed by atoms with Gasteiger partial charge in [0, 0.05) is 32.4 Å². The van der Waals surface area contributed by atoms with Crippen LogP contribution in [0.5, 0.6) is 0 Å². The molecule has 0 saturated heterocycles. The largest absolute Gasteiger partial charge is 0.476 e. The molecule has 11 heteroatoms. The summed E-state index contributed by atoms with van der Waals surface area (Å²) in [7, 11) is -0.885. The Morgan fingerprint density at radius 1 is 1.33 bits per heavy atom. The molecule has 0 aliphatic heterocycles. The van der Waals surface area contributed by atoms with Crippen molar-refractivity contribution in [3.8, 4) is 0 Å². The Hall–Kier alpha value is -1.82. The second-order valence-electron chi connectivity index (χ2n) is 4.84. The average molecular weight is 389 g/mol. The van der Waals surface area contributed by atoms with Crippen LogP contribution in [0.2, 0.25) is 0 Å². The zero-order valence-corrected chi connectivity index (χ0v) is 15.3. The van der Waals surface area contributed by atoms with Gasteiger partial charge in [-0.25, -0.2) is 22.5 Å². The van der Waals surface area contributed by atoms with Crippen molar-refractivity contribution in [1.29, 1.82) is 0 Å². The Balaban J connectivity index is 2.01. The summed E-state index contributed by atoms with van der Waals surface area (Å²) in [4.78, 5) is 27.0. The molecule has 2 aromatic rings. The summed E-state index contributed by atoms with van der Waals surface area (Å²) in [6.45, 7) is 0.227. The first-order valence-corrected chi connectivity index (χ1v) is 9.89. The van der Waals surface area contributed by atoms with Gasteiger partial charge in [0.05, 0.1) is 5.01 Å². The Morgan fingerprint density at radius 2 is 2.04 bits per heavy atom. The van der Waals surface area contributed by atoms with E-state index >= 15 is 0 Å². The molecule has 0 aromatic carbocycles. The molecule has 0 atom stereocenters. The molecule has 2 aromatic heterocycles. The predicted octanol–water partition coefficient (Wildman–Crippen LogP) is 1.13. The third-order valence-electron chi connectivity index (χ3n) is 2.99. The number of nitrogens with one attached hydrogen (secondary N) is 1. The van der Waals surface area contributed by atoms with Gasteiger partial charge in [0.2, 0.25) is 10.0 Å². The summed E-state index contributed by atoms with van der Waals surface area (Å²) in [5.74, 6) is -1.58. The Labute approximate surface area is 146 Å². The number of amides is 1. The van der Waals surface area contributed by atoms with Crippen LogP contribution in [0.15, 0.2) is 21.7 Å². The fourth-order valence-electron chi connectivity index (χ4n) is 1.75. The van der Waals surface area contributed by atoms with Gasteiger partial charge < -0.3 is 10.4 Å². The highest BCUT2D eigenvalue weighted by Crippen LogP contribution is 2.24. The van der Waals surface area contributed by atoms with Gasteiger partial charge in [-0.2, -0.15) is 0 Å². The summed E-state index contributed by atoms with van der Waals surface area (Å²) in [5, 5.41) is 15.0. The van der Waals surface area contributed by atoms with E-state index in [1.807, 2.05) is 0 Å². The van der Waals surface area contributed by atoms with Crippen molar-refractivity contribution in [2.45, 2.75) is 11.3 Å². The van der Waals surface area contributed by atoms with Gasteiger partial charge in [-0.05, 0) is 11.4 Å². The van der Waals surface area contributed by atoms with Crippen LogP contribution in [0, 0.1) is 0 Å². The van der Waals surface area contributed by atoms with Gasteiger partial charge in [-0.1, -0.05) is 0 Å². The maximum absolute atomic E-state index is 12.2. The molecule has 2 heterocycles. The number of hydrogen-bond acceptors (Lipinski definition) is 7. The Bertz CT molecular complexity index is 854. The number of aromatic nitrogens is 1. The van der Waals surface area contributed by atoms with Crippen LogP contribution in [0.4, 0.5) is 0 Å². The highest BCUT2D eigenvalue weighted by atomic mass is 32.2. The first-order chi connectivity index (χ1) is 11.2. The lowest BCUT2D eigenvalue weighted by Gasteiger charge is -2.11. The number of nitrogens with zero attached hydrogens (tertiary/aromatic N) is 2. The van der Waals surface area contributed by atoms with E-state index in [1.165, 1.54) is 36.9 Å². The standard InChI is InChI=1S/C13H15N3O5S3/c1-16(2)24(20,21)9-4-6-22-11(9)12(17)14-5-3-10-15-8(7-23-10)13(18)19/h4,6-7H,3,5H2,1-2H3,(H,14,17)(H,18,19). The monoisotopic (exact) mass is 389 g/mol. The van der Waals surface area contributed by atoms with E-state index < -0.39 is 21.9 Å². The van der Waals surface area contributed by atoms with Gasteiger partial charge in [0.15, 0.2) is 5.69 Å². The summed E-state index contributed by atoms with van der Waals surface area (Å²) in [6, 6.07) is 1.40. The smallest absolute Gasteiger partial charge is 0.355 e. The number of sulfonamides is 1. The minimum atomic E-state index is -3.69. The van der Waals surface area contributed by atoms with E-state index in [9.17, 15) is 18.0 Å². The molecule has 2 rings (SSSR count). The first-order valence-electron chi connectivity index (χ1n) is 6.69. The van der Waals surface area contributed by atoms with Gasteiger partial charge >= 0.3 is 5.97 Å².